The van der Waals surface area contributed by atoms with Gasteiger partial charge in [0, 0.05) is 18.3 Å². The van der Waals surface area contributed by atoms with Crippen LogP contribution in [0.15, 0.2) is 41.6 Å². The second kappa shape index (κ2) is 9.89. The molecule has 3 amide bonds. The normalized spacial score (nSPS) is 16.6. The molecule has 0 saturated carbocycles. The molecule has 8 heteroatoms. The van der Waals surface area contributed by atoms with Gasteiger partial charge in [-0.25, -0.2) is 9.59 Å². The summed E-state index contributed by atoms with van der Waals surface area (Å²) in [6, 6.07) is 8.24. The van der Waals surface area contributed by atoms with Crippen molar-refractivity contribution in [2.75, 3.05) is 26.7 Å². The lowest BCUT2D eigenvalue weighted by atomic mass is 9.95. The molecule has 1 unspecified atom stereocenters. The van der Waals surface area contributed by atoms with Crippen LogP contribution in [0.25, 0.3) is 0 Å². The molecule has 1 heterocycles. The van der Waals surface area contributed by atoms with Crippen LogP contribution >= 0.6 is 0 Å². The fraction of sp³-hybridized carbons (Fsp3) is 0.450. The van der Waals surface area contributed by atoms with Gasteiger partial charge in [-0.1, -0.05) is 30.3 Å². The molecule has 0 fully saturated rings. The quantitative estimate of drug-likeness (QED) is 0.583. The van der Waals surface area contributed by atoms with E-state index in [2.05, 4.69) is 16.0 Å². The van der Waals surface area contributed by atoms with Crippen molar-refractivity contribution in [3.63, 3.8) is 0 Å². The molecule has 3 N–H and O–H groups in total. The Labute approximate surface area is 165 Å². The van der Waals surface area contributed by atoms with Crippen LogP contribution in [0.1, 0.15) is 32.4 Å². The SMILES string of the molecule is CCOC(=O)C1=C(CN(C)CC(=O)NC(C)C)NC(=O)NC1c1ccccc1. The number of ether oxygens (including phenoxy) is 1. The van der Waals surface area contributed by atoms with Gasteiger partial charge in [0.25, 0.3) is 0 Å². The molecule has 28 heavy (non-hydrogen) atoms. The van der Waals surface area contributed by atoms with Crippen molar-refractivity contribution in [1.82, 2.24) is 20.9 Å². The number of likely N-dealkylation sites (N-methyl/N-ethyl adjacent to an activating group) is 1. The minimum Gasteiger partial charge on any atom is -0.463 e. The van der Waals surface area contributed by atoms with Crippen LogP contribution in [-0.2, 0) is 14.3 Å². The summed E-state index contributed by atoms with van der Waals surface area (Å²) >= 11 is 0. The van der Waals surface area contributed by atoms with E-state index in [1.807, 2.05) is 44.2 Å². The summed E-state index contributed by atoms with van der Waals surface area (Å²) in [4.78, 5) is 38.7. The van der Waals surface area contributed by atoms with Gasteiger partial charge in [-0.3, -0.25) is 9.69 Å². The summed E-state index contributed by atoms with van der Waals surface area (Å²) in [5.74, 6) is -0.630. The number of benzene rings is 1. The smallest absolute Gasteiger partial charge is 0.338 e. The third-order valence-electron chi connectivity index (χ3n) is 4.07. The van der Waals surface area contributed by atoms with Crippen molar-refractivity contribution in [3.8, 4) is 0 Å². The van der Waals surface area contributed by atoms with Gasteiger partial charge < -0.3 is 20.7 Å². The van der Waals surface area contributed by atoms with Crippen LogP contribution in [0.2, 0.25) is 0 Å². The number of hydrogen-bond acceptors (Lipinski definition) is 5. The minimum atomic E-state index is -0.623. The first-order valence-corrected chi connectivity index (χ1v) is 9.32. The predicted octanol–water partition coefficient (Wildman–Crippen LogP) is 1.31. The number of hydrogen-bond donors (Lipinski definition) is 3. The van der Waals surface area contributed by atoms with Gasteiger partial charge >= 0.3 is 12.0 Å². The van der Waals surface area contributed by atoms with Crippen LogP contribution in [-0.4, -0.2) is 55.6 Å². The highest BCUT2D eigenvalue weighted by molar-refractivity contribution is 5.95. The maximum absolute atomic E-state index is 12.7. The molecular weight excluding hydrogens is 360 g/mol. The number of nitrogens with one attached hydrogen (secondary N) is 3. The maximum Gasteiger partial charge on any atom is 0.338 e. The van der Waals surface area contributed by atoms with E-state index in [1.165, 1.54) is 0 Å². The summed E-state index contributed by atoms with van der Waals surface area (Å²) in [6.07, 6.45) is 0. The van der Waals surface area contributed by atoms with E-state index in [-0.39, 0.29) is 31.6 Å². The Hall–Kier alpha value is -2.87. The van der Waals surface area contributed by atoms with Crippen LogP contribution in [0.4, 0.5) is 4.79 Å². The number of carbonyl (C=O) groups excluding carboxylic acids is 3. The Kier molecular flexibility index (Phi) is 7.57. The minimum absolute atomic E-state index is 0.0382. The summed E-state index contributed by atoms with van der Waals surface area (Å²) < 4.78 is 5.23. The lowest BCUT2D eigenvalue weighted by Gasteiger charge is -2.31. The first kappa shape index (κ1) is 21.4. The summed E-state index contributed by atoms with van der Waals surface area (Å²) in [5.41, 5.74) is 1.54. The van der Waals surface area contributed by atoms with Crippen molar-refractivity contribution >= 4 is 17.9 Å². The highest BCUT2D eigenvalue weighted by atomic mass is 16.5. The Morgan fingerprint density at radius 3 is 2.54 bits per heavy atom. The lowest BCUT2D eigenvalue weighted by molar-refractivity contribution is -0.139. The number of rotatable bonds is 8. The number of amides is 3. The topological polar surface area (TPSA) is 99.8 Å². The monoisotopic (exact) mass is 388 g/mol. The van der Waals surface area contributed by atoms with Crippen LogP contribution in [0.5, 0.6) is 0 Å². The van der Waals surface area contributed by atoms with Gasteiger partial charge in [-0.2, -0.15) is 0 Å². The molecule has 1 aromatic carbocycles. The Morgan fingerprint density at radius 1 is 1.25 bits per heavy atom. The molecule has 0 aliphatic carbocycles. The van der Waals surface area contributed by atoms with Gasteiger partial charge in [0.05, 0.1) is 24.8 Å². The Bertz CT molecular complexity index is 746. The summed E-state index contributed by atoms with van der Waals surface area (Å²) in [5, 5.41) is 8.31. The standard InChI is InChI=1S/C20H28N4O4/c1-5-28-19(26)17-15(11-24(4)12-16(25)21-13(2)3)22-20(27)23-18(17)14-9-7-6-8-10-14/h6-10,13,18H,5,11-12H2,1-4H3,(H,21,25)(H2,22,23,27). The fourth-order valence-corrected chi connectivity index (χ4v) is 3.03. The maximum atomic E-state index is 12.7. The average Bonchev–Trinajstić information content (AvgIpc) is 2.61. The first-order chi connectivity index (χ1) is 13.3. The van der Waals surface area contributed by atoms with Crippen molar-refractivity contribution < 1.29 is 19.1 Å². The predicted molar refractivity (Wildman–Crippen MR) is 105 cm³/mol. The van der Waals surface area contributed by atoms with Gasteiger partial charge in [0.1, 0.15) is 0 Å². The highest BCUT2D eigenvalue weighted by Crippen LogP contribution is 2.27. The second-order valence-electron chi connectivity index (χ2n) is 6.95. The molecule has 0 spiro atoms. The number of carbonyl (C=O) groups is 3. The van der Waals surface area contributed by atoms with E-state index >= 15 is 0 Å². The zero-order valence-corrected chi connectivity index (χ0v) is 16.7. The van der Waals surface area contributed by atoms with Crippen molar-refractivity contribution in [2.24, 2.45) is 0 Å². The van der Waals surface area contributed by atoms with E-state index < -0.39 is 18.0 Å². The van der Waals surface area contributed by atoms with Gasteiger partial charge in [-0.05, 0) is 33.4 Å². The molecule has 1 aromatic rings. The van der Waals surface area contributed by atoms with E-state index in [9.17, 15) is 14.4 Å². The molecule has 8 nitrogen and oxygen atoms in total. The number of urea groups is 1. The molecule has 2 rings (SSSR count). The van der Waals surface area contributed by atoms with Crippen LogP contribution < -0.4 is 16.0 Å². The molecule has 0 radical (unpaired) electrons. The second-order valence-corrected chi connectivity index (χ2v) is 6.95. The van der Waals surface area contributed by atoms with Crippen LogP contribution in [0, 0.1) is 0 Å². The van der Waals surface area contributed by atoms with Crippen molar-refractivity contribution in [1.29, 1.82) is 0 Å². The van der Waals surface area contributed by atoms with E-state index in [0.29, 0.717) is 11.3 Å². The number of esters is 1. The molecular formula is C20H28N4O4. The Balaban J connectivity index is 2.32. The van der Waals surface area contributed by atoms with E-state index in [4.69, 9.17) is 4.74 Å². The molecule has 1 aliphatic rings. The third-order valence-corrected chi connectivity index (χ3v) is 4.07. The molecule has 1 aliphatic heterocycles. The summed E-state index contributed by atoms with van der Waals surface area (Å²) in [7, 11) is 1.75. The fourth-order valence-electron chi connectivity index (χ4n) is 3.03. The zero-order valence-electron chi connectivity index (χ0n) is 16.7. The number of nitrogens with zero attached hydrogens (tertiary/aromatic N) is 1. The molecule has 0 saturated heterocycles. The lowest BCUT2D eigenvalue weighted by Crippen LogP contribution is -2.49. The van der Waals surface area contributed by atoms with Crippen molar-refractivity contribution in [3.05, 3.63) is 47.2 Å². The van der Waals surface area contributed by atoms with Crippen LogP contribution in [0.3, 0.4) is 0 Å². The van der Waals surface area contributed by atoms with Gasteiger partial charge in [0.15, 0.2) is 0 Å². The molecule has 0 bridgehead atoms. The zero-order chi connectivity index (χ0) is 20.7. The largest absolute Gasteiger partial charge is 0.463 e. The van der Waals surface area contributed by atoms with E-state index in [1.54, 1.807) is 18.9 Å². The summed E-state index contributed by atoms with van der Waals surface area (Å²) in [6.45, 7) is 6.08. The van der Waals surface area contributed by atoms with Gasteiger partial charge in [-0.15, -0.1) is 0 Å². The third kappa shape index (κ3) is 5.82. The van der Waals surface area contributed by atoms with Crippen molar-refractivity contribution in [2.45, 2.75) is 32.9 Å². The highest BCUT2D eigenvalue weighted by Gasteiger charge is 2.34. The first-order valence-electron chi connectivity index (χ1n) is 9.32. The molecule has 152 valence electrons. The molecule has 1 atom stereocenters. The average molecular weight is 388 g/mol. The Morgan fingerprint density at radius 2 is 1.93 bits per heavy atom. The van der Waals surface area contributed by atoms with E-state index in [0.717, 1.165) is 5.56 Å². The van der Waals surface area contributed by atoms with Gasteiger partial charge in [0.2, 0.25) is 5.91 Å². The molecule has 0 aromatic heterocycles.